The first-order valence-electron chi connectivity index (χ1n) is 6.40. The molecule has 3 nitrogen and oxygen atoms in total. The van der Waals surface area contributed by atoms with Crippen molar-refractivity contribution in [3.05, 3.63) is 35.4 Å². The Hall–Kier alpha value is -1.04. The van der Waals surface area contributed by atoms with Gasteiger partial charge in [-0.15, -0.1) is 0 Å². The molecule has 0 saturated heterocycles. The Labute approximate surface area is 113 Å². The number of likely N-dealkylation sites (N-methyl/N-ethyl adjacent to an activating group) is 1. The zero-order chi connectivity index (χ0) is 14.1. The molecule has 0 fully saturated rings. The maximum atomic E-state index is 12.3. The third-order valence-electron chi connectivity index (χ3n) is 2.67. The van der Waals surface area contributed by atoms with Gasteiger partial charge in [0.05, 0.1) is 13.2 Å². The molecule has 0 atom stereocenters. The van der Waals surface area contributed by atoms with Crippen LogP contribution < -0.4 is 5.32 Å². The smallest absolute Gasteiger partial charge is 0.263 e. The first-order valence-corrected chi connectivity index (χ1v) is 6.40. The molecule has 0 aliphatic rings. The van der Waals surface area contributed by atoms with Gasteiger partial charge in [-0.2, -0.15) is 0 Å². The molecule has 0 saturated carbocycles. The first kappa shape index (κ1) is 16.0. The molecular weight excluding hydrogens is 250 g/mol. The molecule has 0 radical (unpaired) electrons. The molecule has 108 valence electrons. The van der Waals surface area contributed by atoms with Gasteiger partial charge in [0.2, 0.25) is 0 Å². The first-order chi connectivity index (χ1) is 9.09. The van der Waals surface area contributed by atoms with Crippen molar-refractivity contribution in [2.75, 3.05) is 40.4 Å². The van der Waals surface area contributed by atoms with Crippen molar-refractivity contribution in [3.8, 4) is 0 Å². The second-order valence-corrected chi connectivity index (χ2v) is 4.63. The van der Waals surface area contributed by atoms with Gasteiger partial charge < -0.3 is 15.0 Å². The van der Waals surface area contributed by atoms with Gasteiger partial charge in [-0.25, -0.2) is 8.78 Å². The zero-order valence-corrected chi connectivity index (χ0v) is 11.5. The third kappa shape index (κ3) is 7.20. The number of halogens is 2. The summed E-state index contributed by atoms with van der Waals surface area (Å²) in [5.74, 6) is 0. The highest BCUT2D eigenvalue weighted by atomic mass is 19.3. The largest absolute Gasteiger partial charge is 0.379 e. The second-order valence-electron chi connectivity index (χ2n) is 4.63. The van der Waals surface area contributed by atoms with Crippen molar-refractivity contribution in [2.24, 2.45) is 0 Å². The maximum Gasteiger partial charge on any atom is 0.263 e. The average molecular weight is 272 g/mol. The summed E-state index contributed by atoms with van der Waals surface area (Å²) in [6.45, 7) is 3.71. The van der Waals surface area contributed by atoms with E-state index in [2.05, 4.69) is 10.2 Å². The quantitative estimate of drug-likeness (QED) is 0.698. The van der Waals surface area contributed by atoms with E-state index >= 15 is 0 Å². The fraction of sp³-hybridized carbons (Fsp3) is 0.571. The number of nitrogens with one attached hydrogen (secondary N) is 1. The number of alkyl halides is 2. The van der Waals surface area contributed by atoms with Gasteiger partial charge in [0.1, 0.15) is 0 Å². The fourth-order valence-electron chi connectivity index (χ4n) is 1.51. The van der Waals surface area contributed by atoms with E-state index in [0.717, 1.165) is 25.3 Å². The SMILES string of the molecule is CN(C)CCOCCNCc1ccc(C(F)F)cc1. The highest BCUT2D eigenvalue weighted by Crippen LogP contribution is 2.18. The van der Waals surface area contributed by atoms with Crippen LogP contribution in [-0.4, -0.2) is 45.3 Å². The summed E-state index contributed by atoms with van der Waals surface area (Å²) in [5, 5.41) is 3.21. The predicted molar refractivity (Wildman–Crippen MR) is 72.5 cm³/mol. The van der Waals surface area contributed by atoms with Crippen LogP contribution in [0.25, 0.3) is 0 Å². The molecule has 0 bridgehead atoms. The van der Waals surface area contributed by atoms with Crippen LogP contribution in [0.4, 0.5) is 8.78 Å². The van der Waals surface area contributed by atoms with E-state index < -0.39 is 6.43 Å². The van der Waals surface area contributed by atoms with Crippen molar-refractivity contribution in [2.45, 2.75) is 13.0 Å². The van der Waals surface area contributed by atoms with Crippen molar-refractivity contribution < 1.29 is 13.5 Å². The van der Waals surface area contributed by atoms with Crippen molar-refractivity contribution >= 4 is 0 Å². The minimum absolute atomic E-state index is 0.0655. The molecule has 0 aromatic heterocycles. The summed E-state index contributed by atoms with van der Waals surface area (Å²) in [6, 6.07) is 6.38. The van der Waals surface area contributed by atoms with Gasteiger partial charge >= 0.3 is 0 Å². The summed E-state index contributed by atoms with van der Waals surface area (Å²) in [7, 11) is 4.01. The minimum atomic E-state index is -2.40. The standard InChI is InChI=1S/C14H22F2N2O/c1-18(2)8-10-19-9-7-17-11-12-3-5-13(6-4-12)14(15)16/h3-6,14,17H,7-11H2,1-2H3. The van der Waals surface area contributed by atoms with E-state index in [-0.39, 0.29) is 5.56 Å². The van der Waals surface area contributed by atoms with Gasteiger partial charge in [-0.3, -0.25) is 0 Å². The summed E-state index contributed by atoms with van der Waals surface area (Å²) >= 11 is 0. The van der Waals surface area contributed by atoms with Crippen LogP contribution in [0.3, 0.4) is 0 Å². The van der Waals surface area contributed by atoms with Gasteiger partial charge in [0.25, 0.3) is 6.43 Å². The third-order valence-corrected chi connectivity index (χ3v) is 2.67. The lowest BCUT2D eigenvalue weighted by Crippen LogP contribution is -2.23. The summed E-state index contributed by atoms with van der Waals surface area (Å²) in [6.07, 6.45) is -2.40. The Bertz CT molecular complexity index is 342. The van der Waals surface area contributed by atoms with E-state index in [1.165, 1.54) is 12.1 Å². The lowest BCUT2D eigenvalue weighted by molar-refractivity contribution is 0.119. The van der Waals surface area contributed by atoms with Crippen LogP contribution in [0.15, 0.2) is 24.3 Å². The van der Waals surface area contributed by atoms with Crippen molar-refractivity contribution in [1.29, 1.82) is 0 Å². The fourth-order valence-corrected chi connectivity index (χ4v) is 1.51. The van der Waals surface area contributed by atoms with Crippen LogP contribution >= 0.6 is 0 Å². The van der Waals surface area contributed by atoms with Crippen LogP contribution in [0.2, 0.25) is 0 Å². The van der Waals surface area contributed by atoms with Crippen molar-refractivity contribution in [3.63, 3.8) is 0 Å². The van der Waals surface area contributed by atoms with E-state index in [1.54, 1.807) is 12.1 Å². The average Bonchev–Trinajstić information content (AvgIpc) is 2.38. The minimum Gasteiger partial charge on any atom is -0.379 e. The zero-order valence-electron chi connectivity index (χ0n) is 11.5. The second kappa shape index (κ2) is 8.96. The molecule has 0 heterocycles. The molecule has 0 aliphatic carbocycles. The lowest BCUT2D eigenvalue weighted by Gasteiger charge is -2.10. The molecular formula is C14H22F2N2O. The monoisotopic (exact) mass is 272 g/mol. The molecule has 1 N–H and O–H groups in total. The topological polar surface area (TPSA) is 24.5 Å². The number of nitrogens with zero attached hydrogens (tertiary/aromatic N) is 1. The number of hydrogen-bond acceptors (Lipinski definition) is 3. The van der Waals surface area contributed by atoms with E-state index in [1.807, 2.05) is 14.1 Å². The van der Waals surface area contributed by atoms with Gasteiger partial charge in [0, 0.05) is 25.2 Å². The Kier molecular flexibility index (Phi) is 7.55. The summed E-state index contributed by atoms with van der Waals surface area (Å²) in [5.41, 5.74) is 1.06. The number of rotatable bonds is 9. The Morgan fingerprint density at radius 1 is 1.16 bits per heavy atom. The van der Waals surface area contributed by atoms with Crippen LogP contribution in [0.5, 0.6) is 0 Å². The van der Waals surface area contributed by atoms with E-state index in [9.17, 15) is 8.78 Å². The molecule has 0 spiro atoms. The van der Waals surface area contributed by atoms with E-state index in [0.29, 0.717) is 13.2 Å². The van der Waals surface area contributed by atoms with Gasteiger partial charge in [-0.05, 0) is 19.7 Å². The Morgan fingerprint density at radius 3 is 2.42 bits per heavy atom. The Balaban J connectivity index is 2.09. The number of benzene rings is 1. The molecule has 5 heteroatoms. The lowest BCUT2D eigenvalue weighted by atomic mass is 10.1. The van der Waals surface area contributed by atoms with Crippen molar-refractivity contribution in [1.82, 2.24) is 10.2 Å². The molecule has 0 aliphatic heterocycles. The molecule has 1 aromatic carbocycles. The highest BCUT2D eigenvalue weighted by molar-refractivity contribution is 5.23. The van der Waals surface area contributed by atoms with Crippen LogP contribution in [0, 0.1) is 0 Å². The van der Waals surface area contributed by atoms with Crippen LogP contribution in [-0.2, 0) is 11.3 Å². The molecule has 0 amide bonds. The summed E-state index contributed by atoms with van der Waals surface area (Å²) < 4.78 is 30.1. The molecule has 19 heavy (non-hydrogen) atoms. The predicted octanol–water partition coefficient (Wildman–Crippen LogP) is 2.29. The molecule has 0 unspecified atom stereocenters. The maximum absolute atomic E-state index is 12.3. The molecule has 1 aromatic rings. The van der Waals surface area contributed by atoms with Crippen LogP contribution in [0.1, 0.15) is 17.6 Å². The number of ether oxygens (including phenoxy) is 1. The van der Waals surface area contributed by atoms with Gasteiger partial charge in [0.15, 0.2) is 0 Å². The molecule has 1 rings (SSSR count). The number of hydrogen-bond donors (Lipinski definition) is 1. The van der Waals surface area contributed by atoms with Gasteiger partial charge in [-0.1, -0.05) is 24.3 Å². The normalized spacial score (nSPS) is 11.5. The Morgan fingerprint density at radius 2 is 1.84 bits per heavy atom. The highest BCUT2D eigenvalue weighted by Gasteiger charge is 2.05. The summed E-state index contributed by atoms with van der Waals surface area (Å²) in [4.78, 5) is 2.07. The van der Waals surface area contributed by atoms with E-state index in [4.69, 9.17) is 4.74 Å².